The molecule has 0 bridgehead atoms. The van der Waals surface area contributed by atoms with Crippen molar-refractivity contribution < 1.29 is 40.6 Å². The molecule has 1 unspecified atom stereocenters. The summed E-state index contributed by atoms with van der Waals surface area (Å²) in [7, 11) is 0. The highest BCUT2D eigenvalue weighted by Crippen LogP contribution is 2.38. The van der Waals surface area contributed by atoms with Crippen LogP contribution in [0.25, 0.3) is 0 Å². The quantitative estimate of drug-likeness (QED) is 0.202. The molecule has 0 radical (unpaired) electrons. The van der Waals surface area contributed by atoms with E-state index in [0.717, 1.165) is 6.07 Å². The third-order valence-corrected chi connectivity index (χ3v) is 5.61. The fourth-order valence-electron chi connectivity index (χ4n) is 4.13. The van der Waals surface area contributed by atoms with Gasteiger partial charge in [0.25, 0.3) is 0 Å². The Morgan fingerprint density at radius 3 is 1.87 bits per heavy atom. The van der Waals surface area contributed by atoms with Crippen LogP contribution in [0.2, 0.25) is 0 Å². The van der Waals surface area contributed by atoms with Crippen LogP contribution in [0, 0.1) is 0 Å². The van der Waals surface area contributed by atoms with E-state index in [1.165, 1.54) is 30.3 Å². The van der Waals surface area contributed by atoms with Gasteiger partial charge in [0.1, 0.15) is 23.0 Å². The van der Waals surface area contributed by atoms with Gasteiger partial charge >= 0.3 is 12.7 Å². The van der Waals surface area contributed by atoms with Gasteiger partial charge in [-0.15, -0.1) is 26.3 Å². The van der Waals surface area contributed by atoms with Gasteiger partial charge < -0.3 is 14.2 Å². The minimum atomic E-state index is -4.92. The molecule has 9 heteroatoms. The van der Waals surface area contributed by atoms with Gasteiger partial charge in [0.05, 0.1) is 0 Å². The van der Waals surface area contributed by atoms with Crippen molar-refractivity contribution in [1.29, 1.82) is 0 Å². The average molecular weight is 532 g/mol. The molecule has 0 amide bonds. The van der Waals surface area contributed by atoms with Crippen LogP contribution in [-0.4, -0.2) is 12.7 Å². The van der Waals surface area contributed by atoms with Crippen molar-refractivity contribution in [3.63, 3.8) is 0 Å². The zero-order valence-corrected chi connectivity index (χ0v) is 19.8. The highest BCUT2D eigenvalue weighted by molar-refractivity contribution is 5.43. The number of para-hydroxylation sites is 3. The molecule has 0 heterocycles. The Morgan fingerprint density at radius 2 is 1.16 bits per heavy atom. The molecule has 0 fully saturated rings. The predicted octanol–water partition coefficient (Wildman–Crippen LogP) is 8.85. The van der Waals surface area contributed by atoms with Crippen LogP contribution in [-0.2, 0) is 12.8 Å². The molecular weight excluding hydrogens is 510 g/mol. The van der Waals surface area contributed by atoms with Gasteiger partial charge in [-0.3, -0.25) is 0 Å². The first-order valence-electron chi connectivity index (χ1n) is 11.6. The Bertz CT molecular complexity index is 1340. The van der Waals surface area contributed by atoms with E-state index in [-0.39, 0.29) is 24.2 Å². The molecule has 4 rings (SSSR count). The van der Waals surface area contributed by atoms with Gasteiger partial charge in [0, 0.05) is 0 Å². The second-order valence-corrected chi connectivity index (χ2v) is 8.41. The third-order valence-electron chi connectivity index (χ3n) is 5.61. The molecule has 0 aliphatic rings. The highest BCUT2D eigenvalue weighted by atomic mass is 19.4. The standard InChI is InChI=1S/C29H22F6O3/c30-28(31,32)37-24-13-8-9-20(18-24)17-22(25-14-5-7-16-27(25)38-29(33,34)35)19-21-10-4-6-15-26(21)36-23-11-2-1-3-12-23/h1-16,18,22H,17,19H2. The van der Waals surface area contributed by atoms with Crippen LogP contribution in [0.5, 0.6) is 23.0 Å². The van der Waals surface area contributed by atoms with Crippen LogP contribution in [0.4, 0.5) is 26.3 Å². The molecule has 0 saturated heterocycles. The van der Waals surface area contributed by atoms with Crippen molar-refractivity contribution in [2.24, 2.45) is 0 Å². The summed E-state index contributed by atoms with van der Waals surface area (Å²) in [5.74, 6) is -0.327. The molecule has 0 saturated carbocycles. The van der Waals surface area contributed by atoms with Crippen LogP contribution >= 0.6 is 0 Å². The molecular formula is C29H22F6O3. The van der Waals surface area contributed by atoms with Gasteiger partial charge in [-0.25, -0.2) is 0 Å². The number of rotatable bonds is 9. The van der Waals surface area contributed by atoms with Crippen molar-refractivity contribution in [2.75, 3.05) is 0 Å². The third kappa shape index (κ3) is 7.93. The Kier molecular flexibility index (Phi) is 8.14. The van der Waals surface area contributed by atoms with E-state index in [1.54, 1.807) is 48.5 Å². The minimum absolute atomic E-state index is 0.104. The molecule has 0 aliphatic carbocycles. The van der Waals surface area contributed by atoms with Crippen molar-refractivity contribution in [2.45, 2.75) is 31.5 Å². The molecule has 1 atom stereocenters. The van der Waals surface area contributed by atoms with Gasteiger partial charge in [0.15, 0.2) is 0 Å². The van der Waals surface area contributed by atoms with E-state index >= 15 is 0 Å². The summed E-state index contributed by atoms with van der Waals surface area (Å²) < 4.78 is 92.2. The highest BCUT2D eigenvalue weighted by Gasteiger charge is 2.33. The first kappa shape index (κ1) is 26.9. The summed E-state index contributed by atoms with van der Waals surface area (Å²) in [5.41, 5.74) is 1.40. The number of halogens is 6. The van der Waals surface area contributed by atoms with E-state index in [0.29, 0.717) is 22.6 Å². The average Bonchev–Trinajstić information content (AvgIpc) is 2.84. The fraction of sp³-hybridized carbons (Fsp3) is 0.172. The zero-order valence-electron chi connectivity index (χ0n) is 19.8. The maximum atomic E-state index is 13.2. The second kappa shape index (κ2) is 11.5. The smallest absolute Gasteiger partial charge is 0.457 e. The van der Waals surface area contributed by atoms with Crippen LogP contribution in [0.3, 0.4) is 0 Å². The molecule has 4 aromatic rings. The number of benzene rings is 4. The molecule has 0 aliphatic heterocycles. The van der Waals surface area contributed by atoms with Crippen LogP contribution in [0.15, 0.2) is 103 Å². The Labute approximate surface area is 215 Å². The lowest BCUT2D eigenvalue weighted by atomic mass is 9.86. The van der Waals surface area contributed by atoms with Gasteiger partial charge in [-0.2, -0.15) is 0 Å². The minimum Gasteiger partial charge on any atom is -0.457 e. The lowest BCUT2D eigenvalue weighted by molar-refractivity contribution is -0.275. The fourth-order valence-corrected chi connectivity index (χ4v) is 4.13. The normalized spacial score (nSPS) is 12.6. The Balaban J connectivity index is 1.71. The maximum absolute atomic E-state index is 13.2. The zero-order chi connectivity index (χ0) is 27.2. The Hall–Kier alpha value is -4.14. The molecule has 0 N–H and O–H groups in total. The van der Waals surface area contributed by atoms with Gasteiger partial charge in [-0.05, 0) is 71.8 Å². The van der Waals surface area contributed by atoms with Crippen LogP contribution in [0.1, 0.15) is 22.6 Å². The lowest BCUT2D eigenvalue weighted by Gasteiger charge is -2.23. The predicted molar refractivity (Wildman–Crippen MR) is 129 cm³/mol. The summed E-state index contributed by atoms with van der Waals surface area (Å²) >= 11 is 0. The van der Waals surface area contributed by atoms with E-state index in [2.05, 4.69) is 9.47 Å². The summed E-state index contributed by atoms with van der Waals surface area (Å²) in [6.07, 6.45) is -9.48. The van der Waals surface area contributed by atoms with Gasteiger partial charge in [0.2, 0.25) is 0 Å². The number of alkyl halides is 6. The van der Waals surface area contributed by atoms with Crippen molar-refractivity contribution >= 4 is 0 Å². The molecule has 0 aromatic heterocycles. The van der Waals surface area contributed by atoms with Crippen LogP contribution < -0.4 is 14.2 Å². The van der Waals surface area contributed by atoms with E-state index < -0.39 is 24.4 Å². The van der Waals surface area contributed by atoms with Crippen molar-refractivity contribution in [3.8, 4) is 23.0 Å². The molecule has 4 aromatic carbocycles. The van der Waals surface area contributed by atoms with Crippen molar-refractivity contribution in [1.82, 2.24) is 0 Å². The number of hydrogen-bond acceptors (Lipinski definition) is 3. The summed E-state index contributed by atoms with van der Waals surface area (Å²) in [6, 6.07) is 27.2. The molecule has 3 nitrogen and oxygen atoms in total. The lowest BCUT2D eigenvalue weighted by Crippen LogP contribution is -2.19. The summed E-state index contributed by atoms with van der Waals surface area (Å²) in [6.45, 7) is 0. The van der Waals surface area contributed by atoms with Gasteiger partial charge in [-0.1, -0.05) is 66.7 Å². The van der Waals surface area contributed by atoms with E-state index in [4.69, 9.17) is 4.74 Å². The molecule has 0 spiro atoms. The van der Waals surface area contributed by atoms with E-state index in [9.17, 15) is 26.3 Å². The SMILES string of the molecule is FC(F)(F)Oc1cccc(CC(Cc2ccccc2Oc2ccccc2)c2ccccc2OC(F)(F)F)c1. The first-order valence-corrected chi connectivity index (χ1v) is 11.6. The second-order valence-electron chi connectivity index (χ2n) is 8.41. The number of ether oxygens (including phenoxy) is 3. The number of hydrogen-bond donors (Lipinski definition) is 0. The summed E-state index contributed by atoms with van der Waals surface area (Å²) in [5, 5.41) is 0. The molecule has 38 heavy (non-hydrogen) atoms. The maximum Gasteiger partial charge on any atom is 0.573 e. The Morgan fingerprint density at radius 1 is 0.553 bits per heavy atom. The topological polar surface area (TPSA) is 27.7 Å². The molecule has 198 valence electrons. The summed E-state index contributed by atoms with van der Waals surface area (Å²) in [4.78, 5) is 0. The largest absolute Gasteiger partial charge is 0.573 e. The van der Waals surface area contributed by atoms with Crippen molar-refractivity contribution in [3.05, 3.63) is 120 Å². The van der Waals surface area contributed by atoms with E-state index in [1.807, 2.05) is 18.2 Å². The monoisotopic (exact) mass is 532 g/mol. The first-order chi connectivity index (χ1) is 18.1.